The molecule has 0 heterocycles. The maximum Gasteiger partial charge on any atom is 0.0406 e. The van der Waals surface area contributed by atoms with Gasteiger partial charge in [-0.15, -0.1) is 23.2 Å². The molecule has 0 aromatic heterocycles. The lowest BCUT2D eigenvalue weighted by Crippen LogP contribution is -2.33. The standard InChI is InChI=1S/C16H15Cl3/c17-11-16(12-18,14-4-2-1-3-5-14)10-13-6-8-15(19)9-7-13/h1-9H,10-12H2. The van der Waals surface area contributed by atoms with Gasteiger partial charge in [-0.3, -0.25) is 0 Å². The Labute approximate surface area is 129 Å². The van der Waals surface area contributed by atoms with Gasteiger partial charge in [0, 0.05) is 22.2 Å². The van der Waals surface area contributed by atoms with Crippen LogP contribution in [0, 0.1) is 0 Å². The lowest BCUT2D eigenvalue weighted by molar-refractivity contribution is 0.536. The zero-order valence-electron chi connectivity index (χ0n) is 10.5. The molecule has 0 aliphatic rings. The SMILES string of the molecule is ClCC(CCl)(Cc1ccc(Cl)cc1)c1ccccc1. The van der Waals surface area contributed by atoms with E-state index in [1.165, 1.54) is 11.1 Å². The summed E-state index contributed by atoms with van der Waals surface area (Å²) < 4.78 is 0. The summed E-state index contributed by atoms with van der Waals surface area (Å²) >= 11 is 18.4. The van der Waals surface area contributed by atoms with Gasteiger partial charge in [0.25, 0.3) is 0 Å². The lowest BCUT2D eigenvalue weighted by atomic mass is 9.79. The van der Waals surface area contributed by atoms with Crippen LogP contribution in [0.2, 0.25) is 5.02 Å². The van der Waals surface area contributed by atoms with Crippen LogP contribution in [0.25, 0.3) is 0 Å². The van der Waals surface area contributed by atoms with E-state index >= 15 is 0 Å². The van der Waals surface area contributed by atoms with E-state index in [0.29, 0.717) is 11.8 Å². The van der Waals surface area contributed by atoms with E-state index in [1.54, 1.807) is 0 Å². The van der Waals surface area contributed by atoms with Crippen LogP contribution >= 0.6 is 34.8 Å². The predicted molar refractivity (Wildman–Crippen MR) is 84.7 cm³/mol. The molecule has 0 unspecified atom stereocenters. The van der Waals surface area contributed by atoms with E-state index in [1.807, 2.05) is 42.5 Å². The molecule has 2 aromatic rings. The molecule has 19 heavy (non-hydrogen) atoms. The van der Waals surface area contributed by atoms with Crippen molar-refractivity contribution in [3.05, 3.63) is 70.7 Å². The smallest absolute Gasteiger partial charge is 0.0406 e. The van der Waals surface area contributed by atoms with Gasteiger partial charge in [0.15, 0.2) is 0 Å². The Morgan fingerprint density at radius 3 is 1.89 bits per heavy atom. The quantitative estimate of drug-likeness (QED) is 0.657. The number of rotatable bonds is 5. The first kappa shape index (κ1) is 14.7. The first-order valence-corrected chi connectivity index (χ1v) is 7.57. The molecule has 100 valence electrons. The Hall–Kier alpha value is -0.690. The fourth-order valence-corrected chi connectivity index (χ4v) is 3.08. The molecule has 0 atom stereocenters. The molecule has 2 rings (SSSR count). The van der Waals surface area contributed by atoms with Crippen molar-refractivity contribution in [3.8, 4) is 0 Å². The van der Waals surface area contributed by atoms with Crippen molar-refractivity contribution in [2.45, 2.75) is 11.8 Å². The maximum absolute atomic E-state index is 6.23. The minimum absolute atomic E-state index is 0.238. The number of halogens is 3. The van der Waals surface area contributed by atoms with Gasteiger partial charge in [0.05, 0.1) is 0 Å². The summed E-state index contributed by atoms with van der Waals surface area (Å²) in [5.41, 5.74) is 2.13. The molecule has 0 amide bonds. The van der Waals surface area contributed by atoms with Gasteiger partial charge in [-0.05, 0) is 29.7 Å². The Kier molecular flexibility index (Phi) is 5.15. The molecule has 0 bridgehead atoms. The minimum atomic E-state index is -0.238. The van der Waals surface area contributed by atoms with Crippen molar-refractivity contribution < 1.29 is 0 Å². The summed E-state index contributed by atoms with van der Waals surface area (Å²) in [6.07, 6.45) is 0.807. The molecule has 0 saturated heterocycles. The second kappa shape index (κ2) is 6.65. The van der Waals surface area contributed by atoms with E-state index in [9.17, 15) is 0 Å². The van der Waals surface area contributed by atoms with Gasteiger partial charge >= 0.3 is 0 Å². The zero-order valence-corrected chi connectivity index (χ0v) is 12.7. The van der Waals surface area contributed by atoms with Crippen molar-refractivity contribution in [3.63, 3.8) is 0 Å². The average Bonchev–Trinajstić information content (AvgIpc) is 2.48. The van der Waals surface area contributed by atoms with Crippen LogP contribution in [0.4, 0.5) is 0 Å². The molecule has 0 aliphatic carbocycles. The fourth-order valence-electron chi connectivity index (χ4n) is 2.17. The van der Waals surface area contributed by atoms with Gasteiger partial charge in [0.2, 0.25) is 0 Å². The van der Waals surface area contributed by atoms with Crippen molar-refractivity contribution in [1.29, 1.82) is 0 Å². The van der Waals surface area contributed by atoms with E-state index in [2.05, 4.69) is 12.1 Å². The molecular weight excluding hydrogens is 299 g/mol. The molecule has 0 spiro atoms. The van der Waals surface area contributed by atoms with E-state index in [4.69, 9.17) is 34.8 Å². The van der Waals surface area contributed by atoms with E-state index in [-0.39, 0.29) is 5.41 Å². The second-order valence-corrected chi connectivity index (χ2v) is 5.69. The molecule has 0 fully saturated rings. The van der Waals surface area contributed by atoms with Crippen LogP contribution in [0.3, 0.4) is 0 Å². The zero-order chi connectivity index (χ0) is 13.7. The summed E-state index contributed by atoms with van der Waals surface area (Å²) in [7, 11) is 0. The molecule has 3 heteroatoms. The average molecular weight is 314 g/mol. The molecule has 0 N–H and O–H groups in total. The highest BCUT2D eigenvalue weighted by Gasteiger charge is 2.30. The van der Waals surface area contributed by atoms with Crippen LogP contribution in [-0.4, -0.2) is 11.8 Å². The second-order valence-electron chi connectivity index (χ2n) is 4.72. The van der Waals surface area contributed by atoms with Crippen molar-refractivity contribution in [2.75, 3.05) is 11.8 Å². The summed E-state index contributed by atoms with van der Waals surface area (Å²) in [4.78, 5) is 0. The first-order chi connectivity index (χ1) is 9.20. The number of alkyl halides is 2. The lowest BCUT2D eigenvalue weighted by Gasteiger charge is -2.30. The van der Waals surface area contributed by atoms with Gasteiger partial charge < -0.3 is 0 Å². The highest BCUT2D eigenvalue weighted by Crippen LogP contribution is 2.31. The minimum Gasteiger partial charge on any atom is -0.126 e. The van der Waals surface area contributed by atoms with E-state index in [0.717, 1.165) is 11.4 Å². The third-order valence-corrected chi connectivity index (χ3v) is 4.63. The molecule has 0 radical (unpaired) electrons. The Bertz CT molecular complexity index is 501. The van der Waals surface area contributed by atoms with Gasteiger partial charge in [0.1, 0.15) is 0 Å². The third-order valence-electron chi connectivity index (χ3n) is 3.35. The number of hydrogen-bond acceptors (Lipinski definition) is 0. The van der Waals surface area contributed by atoms with Gasteiger partial charge in [-0.25, -0.2) is 0 Å². The Balaban J connectivity index is 2.32. The first-order valence-electron chi connectivity index (χ1n) is 6.12. The molecule has 0 nitrogen and oxygen atoms in total. The highest BCUT2D eigenvalue weighted by molar-refractivity contribution is 6.30. The Morgan fingerprint density at radius 1 is 0.789 bits per heavy atom. The highest BCUT2D eigenvalue weighted by atomic mass is 35.5. The van der Waals surface area contributed by atoms with Crippen LogP contribution in [-0.2, 0) is 11.8 Å². The normalized spacial score (nSPS) is 11.5. The number of benzene rings is 2. The molecule has 2 aromatic carbocycles. The van der Waals surface area contributed by atoms with Gasteiger partial charge in [-0.1, -0.05) is 54.1 Å². The predicted octanol–water partition coefficient (Wildman–Crippen LogP) is 5.30. The molecular formula is C16H15Cl3. The Morgan fingerprint density at radius 2 is 1.37 bits per heavy atom. The van der Waals surface area contributed by atoms with Crippen LogP contribution in [0.5, 0.6) is 0 Å². The topological polar surface area (TPSA) is 0 Å². The van der Waals surface area contributed by atoms with Gasteiger partial charge in [-0.2, -0.15) is 0 Å². The fraction of sp³-hybridized carbons (Fsp3) is 0.250. The van der Waals surface area contributed by atoms with Crippen molar-refractivity contribution in [2.24, 2.45) is 0 Å². The van der Waals surface area contributed by atoms with Crippen LogP contribution in [0.15, 0.2) is 54.6 Å². The van der Waals surface area contributed by atoms with Crippen LogP contribution in [0.1, 0.15) is 11.1 Å². The van der Waals surface area contributed by atoms with Crippen molar-refractivity contribution in [1.82, 2.24) is 0 Å². The molecule has 0 saturated carbocycles. The maximum atomic E-state index is 6.23. The van der Waals surface area contributed by atoms with E-state index < -0.39 is 0 Å². The summed E-state index contributed by atoms with van der Waals surface area (Å²) in [5, 5.41) is 0.741. The molecule has 0 aliphatic heterocycles. The largest absolute Gasteiger partial charge is 0.126 e. The third kappa shape index (κ3) is 3.45. The monoisotopic (exact) mass is 312 g/mol. The summed E-state index contributed by atoms with van der Waals surface area (Å²) in [5.74, 6) is 0.978. The summed E-state index contributed by atoms with van der Waals surface area (Å²) in [6, 6.07) is 18.1. The van der Waals surface area contributed by atoms with Crippen molar-refractivity contribution >= 4 is 34.8 Å². The summed E-state index contributed by atoms with van der Waals surface area (Å²) in [6.45, 7) is 0. The van der Waals surface area contributed by atoms with Crippen LogP contribution < -0.4 is 0 Å². The number of hydrogen-bond donors (Lipinski definition) is 0.